The first-order valence-corrected chi connectivity index (χ1v) is 32.4. The number of halogens is 8. The maximum absolute atomic E-state index is 13.4. The summed E-state index contributed by atoms with van der Waals surface area (Å²) in [6.07, 6.45) is 15.3. The fourth-order valence-electron chi connectivity index (χ4n) is 9.06. The van der Waals surface area contributed by atoms with Gasteiger partial charge in [-0.2, -0.15) is 0 Å². The van der Waals surface area contributed by atoms with Gasteiger partial charge in [0.25, 0.3) is 0 Å². The number of rotatable bonds is 15. The van der Waals surface area contributed by atoms with Crippen molar-refractivity contribution in [3.05, 3.63) is 207 Å². The summed E-state index contributed by atoms with van der Waals surface area (Å²) in [5, 5.41) is 0.810. The minimum atomic E-state index is -1.57. The molecule has 0 spiro atoms. The third-order valence-corrected chi connectivity index (χ3v) is 12.6. The predicted octanol–water partition coefficient (Wildman–Crippen LogP) is 21.7. The minimum absolute atomic E-state index is 0. The van der Waals surface area contributed by atoms with E-state index in [4.69, 9.17) is 40.2 Å². The molecule has 423 valence electrons. The molecule has 6 aromatic rings. The van der Waals surface area contributed by atoms with Gasteiger partial charge in [0.05, 0.1) is 31.7 Å². The van der Waals surface area contributed by atoms with Gasteiger partial charge < -0.3 is 14.3 Å². The van der Waals surface area contributed by atoms with Crippen molar-refractivity contribution in [2.24, 2.45) is 0 Å². The Morgan fingerprint density at radius 3 is 1.11 bits per heavy atom. The summed E-state index contributed by atoms with van der Waals surface area (Å²) in [5.41, 5.74) is 13.2. The number of unbranched alkanes of at least 4 members (excludes halogenated alkanes) is 4. The van der Waals surface area contributed by atoms with Gasteiger partial charge in [-0.05, 0) is 163 Å². The van der Waals surface area contributed by atoms with Crippen LogP contribution in [0.2, 0.25) is 5.02 Å². The third kappa shape index (κ3) is 26.2. The van der Waals surface area contributed by atoms with E-state index in [1.165, 1.54) is 169 Å². The molecular formula is C64H86Cl4F4N3Pd. The Balaban J connectivity index is 0.000000487. The van der Waals surface area contributed by atoms with E-state index in [2.05, 4.69) is 122 Å². The standard InChI is InChI=1S/C21H25N2.C16H36N.C13H10F2.C7H7Cl.C6H4F2.CH4.3ClH.Pd/c1-14-9-16(3)20(17(4)10-14)22-7-8-23(13-22)21-18(5)11-15(2)12-19(21)6;1-5-9-13-17(14-10-6-2,15-11-7-3)16-12-8-4;1-9-4-2-5-10(8-9)13-11(14)6-3-7-12(13)15;1-6-3-2-4-7(8)5-6;7-5-2-1-3-6(8)4-5;;;;;/h7-13H,1-6H3;5-16H2,1-4H3;2-8H,1H3;2-5H,1H3;1-4H;1H4;3*1H;/q-1;+1;;;;;;;;+3/p-3. The van der Waals surface area contributed by atoms with E-state index in [0.717, 1.165) is 16.7 Å². The average molecular weight is 1220 g/mol. The molecule has 0 fully saturated rings. The molecule has 0 unspecified atom stereocenters. The van der Waals surface area contributed by atoms with Crippen LogP contribution < -0.4 is 9.80 Å². The molecule has 6 aromatic carbocycles. The van der Waals surface area contributed by atoms with Crippen LogP contribution in [0.1, 0.15) is 131 Å². The molecule has 0 atom stereocenters. The van der Waals surface area contributed by atoms with Gasteiger partial charge in [-0.1, -0.05) is 162 Å². The van der Waals surface area contributed by atoms with E-state index in [1.54, 1.807) is 18.2 Å². The Labute approximate surface area is 480 Å². The fourth-order valence-corrected chi connectivity index (χ4v) is 9.31. The summed E-state index contributed by atoms with van der Waals surface area (Å²) in [6.45, 7) is 34.1. The summed E-state index contributed by atoms with van der Waals surface area (Å²) >= 11 is 4.08. The molecule has 0 bridgehead atoms. The molecule has 7 rings (SSSR count). The van der Waals surface area contributed by atoms with E-state index in [9.17, 15) is 17.6 Å². The van der Waals surface area contributed by atoms with E-state index >= 15 is 0 Å². The average Bonchev–Trinajstić information content (AvgIpc) is 3.79. The summed E-state index contributed by atoms with van der Waals surface area (Å²) in [4.78, 5) is 4.45. The summed E-state index contributed by atoms with van der Waals surface area (Å²) in [5.74, 6) is -2.13. The maximum atomic E-state index is 13.4. The van der Waals surface area contributed by atoms with Crippen molar-refractivity contribution in [1.82, 2.24) is 0 Å². The van der Waals surface area contributed by atoms with Crippen molar-refractivity contribution < 1.29 is 35.7 Å². The monoisotopic (exact) mass is 1220 g/mol. The summed E-state index contributed by atoms with van der Waals surface area (Å²) in [6, 6.07) is 32.3. The summed E-state index contributed by atoms with van der Waals surface area (Å²) in [7, 11) is 14.8. The van der Waals surface area contributed by atoms with Crippen LogP contribution in [0, 0.1) is 85.3 Å². The number of aryl methyl sites for hydroxylation is 8. The SMILES string of the molecule is C.CCCC[N+](CCCC)(CCCC)CCCC.Cc1cc(C)c(N2C=CN(c3c(C)cc(C)cc3C)[CH-]2)c(C)c1.Cc1cccc(-c2c(F)cccc2F)c1.Cc1cccc(Cl)c1.Fc1cccc(F)c1.[Cl][Pd]([Cl])[Cl]. The molecule has 0 saturated heterocycles. The van der Waals surface area contributed by atoms with Gasteiger partial charge in [-0.15, -0.1) is 6.67 Å². The zero-order valence-corrected chi connectivity index (χ0v) is 50.9. The Kier molecular flexibility index (Phi) is 35.0. The molecule has 0 saturated carbocycles. The molecule has 0 radical (unpaired) electrons. The van der Waals surface area contributed by atoms with Crippen LogP contribution in [0.5, 0.6) is 0 Å². The quantitative estimate of drug-likeness (QED) is 0.0438. The molecule has 76 heavy (non-hydrogen) atoms. The molecule has 1 heterocycles. The van der Waals surface area contributed by atoms with Crippen molar-refractivity contribution in [3.8, 4) is 11.1 Å². The van der Waals surface area contributed by atoms with Gasteiger partial charge in [-0.3, -0.25) is 0 Å². The van der Waals surface area contributed by atoms with Crippen LogP contribution in [0.4, 0.5) is 28.9 Å². The number of hydrogen-bond donors (Lipinski definition) is 0. The van der Waals surface area contributed by atoms with Gasteiger partial charge in [0, 0.05) is 22.5 Å². The Hall–Kier alpha value is -3.84. The van der Waals surface area contributed by atoms with Crippen molar-refractivity contribution in [3.63, 3.8) is 0 Å². The van der Waals surface area contributed by atoms with Crippen molar-refractivity contribution >= 4 is 51.6 Å². The van der Waals surface area contributed by atoms with Crippen LogP contribution in [0.15, 0.2) is 128 Å². The fraction of sp³-hybridized carbons (Fsp3) is 0.391. The second kappa shape index (κ2) is 37.9. The van der Waals surface area contributed by atoms with Crippen LogP contribution in [-0.2, 0) is 13.7 Å². The first-order chi connectivity index (χ1) is 35.6. The summed E-state index contributed by atoms with van der Waals surface area (Å²) < 4.78 is 52.1. The molecule has 0 aliphatic carbocycles. The molecule has 0 amide bonds. The third-order valence-electron chi connectivity index (χ3n) is 12.4. The first kappa shape index (κ1) is 70.2. The Morgan fingerprint density at radius 1 is 0.461 bits per heavy atom. The van der Waals surface area contributed by atoms with Gasteiger partial charge in [0.1, 0.15) is 23.3 Å². The van der Waals surface area contributed by atoms with E-state index in [1.807, 2.05) is 44.2 Å². The number of anilines is 2. The van der Waals surface area contributed by atoms with Crippen molar-refractivity contribution in [1.29, 1.82) is 0 Å². The van der Waals surface area contributed by atoms with E-state index < -0.39 is 37.0 Å². The molecular weight excluding hydrogens is 1130 g/mol. The topological polar surface area (TPSA) is 6.48 Å². The number of quaternary nitrogens is 1. The Morgan fingerprint density at radius 2 is 0.803 bits per heavy atom. The molecule has 1 aliphatic heterocycles. The number of benzene rings is 6. The molecule has 12 heteroatoms. The molecule has 0 aromatic heterocycles. The molecule has 3 nitrogen and oxygen atoms in total. The number of nitrogens with zero attached hydrogens (tertiary/aromatic N) is 3. The van der Waals surface area contributed by atoms with Gasteiger partial charge >= 0.3 is 42.3 Å². The van der Waals surface area contributed by atoms with Crippen LogP contribution in [-0.4, -0.2) is 30.7 Å². The van der Waals surface area contributed by atoms with E-state index in [0.29, 0.717) is 5.56 Å². The molecule has 0 N–H and O–H groups in total. The van der Waals surface area contributed by atoms with Gasteiger partial charge in [0.15, 0.2) is 0 Å². The second-order valence-electron chi connectivity index (χ2n) is 19.2. The van der Waals surface area contributed by atoms with Crippen LogP contribution in [0.25, 0.3) is 11.1 Å². The van der Waals surface area contributed by atoms with Crippen molar-refractivity contribution in [2.75, 3.05) is 36.0 Å². The normalized spacial score (nSPS) is 11.5. The van der Waals surface area contributed by atoms with Gasteiger partial charge in [-0.25, -0.2) is 17.6 Å². The first-order valence-electron chi connectivity index (χ1n) is 26.0. The van der Waals surface area contributed by atoms with E-state index in [-0.39, 0.29) is 13.0 Å². The predicted molar refractivity (Wildman–Crippen MR) is 322 cm³/mol. The number of hydrogen-bond acceptors (Lipinski definition) is 2. The second-order valence-corrected chi connectivity index (χ2v) is 26.7. The zero-order valence-electron chi connectivity index (χ0n) is 46.4. The Bertz CT molecular complexity index is 2380. The van der Waals surface area contributed by atoms with Gasteiger partial charge in [0.2, 0.25) is 0 Å². The zero-order chi connectivity index (χ0) is 56.1. The van der Waals surface area contributed by atoms with Crippen LogP contribution in [0.3, 0.4) is 0 Å². The van der Waals surface area contributed by atoms with Crippen LogP contribution >= 0.6 is 40.2 Å². The molecule has 1 aliphatic rings. The van der Waals surface area contributed by atoms with Crippen molar-refractivity contribution in [2.45, 2.75) is 142 Å².